The summed E-state index contributed by atoms with van der Waals surface area (Å²) in [5.41, 5.74) is 0.289. The monoisotopic (exact) mass is 350 g/mol. The van der Waals surface area contributed by atoms with Gasteiger partial charge < -0.3 is 14.9 Å². The first-order chi connectivity index (χ1) is 11.7. The fourth-order valence-electron chi connectivity index (χ4n) is 2.77. The first-order valence-electron chi connectivity index (χ1n) is 8.22. The Morgan fingerprint density at radius 1 is 1.54 bits per heavy atom. The summed E-state index contributed by atoms with van der Waals surface area (Å²) >= 11 is 1.52. The number of hydrogen-bond acceptors (Lipinski definition) is 7. The zero-order chi connectivity index (χ0) is 16.9. The number of aliphatic hydroxyl groups is 1. The van der Waals surface area contributed by atoms with E-state index in [1.807, 2.05) is 12.3 Å². The molecule has 8 heteroatoms. The second-order valence-electron chi connectivity index (χ2n) is 5.99. The minimum atomic E-state index is -0.249. The van der Waals surface area contributed by atoms with Crippen molar-refractivity contribution in [1.29, 1.82) is 0 Å². The summed E-state index contributed by atoms with van der Waals surface area (Å²) in [6.07, 6.45) is 3.84. The smallest absolute Gasteiger partial charge is 0.274 e. The van der Waals surface area contributed by atoms with Crippen molar-refractivity contribution in [1.82, 2.24) is 20.4 Å². The fraction of sp³-hybridized carbons (Fsp3) is 0.562. The molecule has 2 aromatic rings. The molecule has 1 fully saturated rings. The average molecular weight is 350 g/mol. The number of aromatic nitrogens is 2. The lowest BCUT2D eigenvalue weighted by Crippen LogP contribution is -2.35. The van der Waals surface area contributed by atoms with E-state index in [1.54, 1.807) is 12.3 Å². The Morgan fingerprint density at radius 2 is 2.33 bits per heavy atom. The van der Waals surface area contributed by atoms with Crippen LogP contribution >= 0.6 is 11.3 Å². The number of nitrogens with one attached hydrogen (secondary N) is 1. The number of rotatable bonds is 6. The molecule has 1 amide bonds. The Morgan fingerprint density at radius 3 is 3.00 bits per heavy atom. The molecule has 2 N–H and O–H groups in total. The second kappa shape index (κ2) is 7.87. The van der Waals surface area contributed by atoms with Crippen LogP contribution in [0, 0.1) is 0 Å². The van der Waals surface area contributed by atoms with Gasteiger partial charge in [-0.05, 0) is 19.3 Å². The summed E-state index contributed by atoms with van der Waals surface area (Å²) in [7, 11) is 0. The van der Waals surface area contributed by atoms with Crippen LogP contribution in [-0.4, -0.2) is 45.2 Å². The molecule has 0 radical (unpaired) electrons. The van der Waals surface area contributed by atoms with Gasteiger partial charge in [0.05, 0.1) is 18.7 Å². The maximum absolute atomic E-state index is 12.4. The zero-order valence-corrected chi connectivity index (χ0v) is 14.5. The highest BCUT2D eigenvalue weighted by Crippen LogP contribution is 2.20. The summed E-state index contributed by atoms with van der Waals surface area (Å²) in [5, 5.41) is 19.2. The summed E-state index contributed by atoms with van der Waals surface area (Å²) < 4.78 is 5.29. The van der Waals surface area contributed by atoms with E-state index in [4.69, 9.17) is 4.52 Å². The van der Waals surface area contributed by atoms with Crippen LogP contribution in [0.25, 0.3) is 0 Å². The maximum Gasteiger partial charge on any atom is 0.274 e. The lowest BCUT2D eigenvalue weighted by atomic mass is 10.1. The van der Waals surface area contributed by atoms with Gasteiger partial charge in [0.25, 0.3) is 5.91 Å². The van der Waals surface area contributed by atoms with Gasteiger partial charge in [0, 0.05) is 30.7 Å². The van der Waals surface area contributed by atoms with Crippen LogP contribution in [0.3, 0.4) is 0 Å². The molecule has 1 aliphatic heterocycles. The molecule has 3 heterocycles. The Kier molecular flexibility index (Phi) is 5.60. The summed E-state index contributed by atoms with van der Waals surface area (Å²) in [4.78, 5) is 18.8. The van der Waals surface area contributed by atoms with Crippen molar-refractivity contribution in [3.05, 3.63) is 34.1 Å². The third kappa shape index (κ3) is 4.19. The van der Waals surface area contributed by atoms with E-state index in [0.29, 0.717) is 12.3 Å². The second-order valence-corrected chi connectivity index (χ2v) is 6.92. The summed E-state index contributed by atoms with van der Waals surface area (Å²) in [6, 6.07) is 1.58. The van der Waals surface area contributed by atoms with E-state index in [0.717, 1.165) is 37.4 Å². The highest BCUT2D eigenvalue weighted by atomic mass is 32.1. The minimum absolute atomic E-state index is 0.110. The van der Waals surface area contributed by atoms with Gasteiger partial charge in [0.1, 0.15) is 5.01 Å². The number of carbonyl (C=O) groups excluding carboxylic acids is 1. The van der Waals surface area contributed by atoms with Crippen molar-refractivity contribution in [2.45, 2.75) is 44.9 Å². The maximum atomic E-state index is 12.4. The molecule has 0 aromatic carbocycles. The van der Waals surface area contributed by atoms with Crippen LogP contribution in [0.15, 0.2) is 22.2 Å². The number of nitrogens with zero attached hydrogens (tertiary/aromatic N) is 3. The molecule has 130 valence electrons. The Balaban J connectivity index is 1.57. The predicted octanol–water partition coefficient (Wildman–Crippen LogP) is 1.97. The van der Waals surface area contributed by atoms with Crippen LogP contribution < -0.4 is 5.32 Å². The van der Waals surface area contributed by atoms with E-state index in [1.165, 1.54) is 11.3 Å². The molecule has 1 saturated heterocycles. The molecule has 0 aliphatic carbocycles. The van der Waals surface area contributed by atoms with Gasteiger partial charge >= 0.3 is 0 Å². The van der Waals surface area contributed by atoms with Crippen molar-refractivity contribution in [3.8, 4) is 0 Å². The molecule has 24 heavy (non-hydrogen) atoms. The average Bonchev–Trinajstić information content (AvgIpc) is 3.26. The number of aliphatic hydroxyl groups excluding tert-OH is 1. The van der Waals surface area contributed by atoms with Gasteiger partial charge in [-0.1, -0.05) is 12.1 Å². The van der Waals surface area contributed by atoms with Crippen molar-refractivity contribution in [2.75, 3.05) is 13.1 Å². The Labute approximate surface area is 144 Å². The van der Waals surface area contributed by atoms with E-state index in [-0.39, 0.29) is 23.7 Å². The molecule has 1 aliphatic rings. The molecule has 0 spiro atoms. The van der Waals surface area contributed by atoms with Gasteiger partial charge in [-0.3, -0.25) is 9.69 Å². The molecule has 0 unspecified atom stereocenters. The van der Waals surface area contributed by atoms with Gasteiger partial charge in [-0.15, -0.1) is 11.3 Å². The number of thiazole rings is 1. The van der Waals surface area contributed by atoms with E-state index >= 15 is 0 Å². The van der Waals surface area contributed by atoms with Crippen LogP contribution in [0.2, 0.25) is 0 Å². The topological polar surface area (TPSA) is 91.5 Å². The van der Waals surface area contributed by atoms with Crippen molar-refractivity contribution in [2.24, 2.45) is 0 Å². The van der Waals surface area contributed by atoms with Crippen LogP contribution in [-0.2, 0) is 6.54 Å². The highest BCUT2D eigenvalue weighted by Gasteiger charge is 2.21. The molecular weight excluding hydrogens is 328 g/mol. The van der Waals surface area contributed by atoms with Gasteiger partial charge in [-0.25, -0.2) is 4.98 Å². The first kappa shape index (κ1) is 17.1. The molecule has 1 atom stereocenters. The van der Waals surface area contributed by atoms with Gasteiger partial charge in [0.2, 0.25) is 0 Å². The Bertz CT molecular complexity index is 650. The van der Waals surface area contributed by atoms with E-state index in [2.05, 4.69) is 20.4 Å². The van der Waals surface area contributed by atoms with E-state index in [9.17, 15) is 9.90 Å². The van der Waals surface area contributed by atoms with Crippen molar-refractivity contribution < 1.29 is 14.4 Å². The third-order valence-electron chi connectivity index (χ3n) is 4.19. The number of likely N-dealkylation sites (tertiary alicyclic amines) is 1. The van der Waals surface area contributed by atoms with Crippen molar-refractivity contribution >= 4 is 17.2 Å². The lowest BCUT2D eigenvalue weighted by molar-refractivity contribution is 0.0748. The SMILES string of the molecule is CC[C@@H](NC(=O)c1cc(CN2CCC(O)CC2)on1)c1nccs1. The number of piperidine rings is 1. The molecule has 2 aromatic heterocycles. The minimum Gasteiger partial charge on any atom is -0.393 e. The lowest BCUT2D eigenvalue weighted by Gasteiger charge is -2.28. The molecule has 0 bridgehead atoms. The fourth-order valence-corrected chi connectivity index (χ4v) is 3.54. The Hall–Kier alpha value is -1.77. The normalized spacial score (nSPS) is 17.8. The molecular formula is C16H22N4O3S. The van der Waals surface area contributed by atoms with Crippen LogP contribution in [0.1, 0.15) is 53.5 Å². The highest BCUT2D eigenvalue weighted by molar-refractivity contribution is 7.09. The van der Waals surface area contributed by atoms with E-state index < -0.39 is 0 Å². The van der Waals surface area contributed by atoms with Crippen LogP contribution in [0.4, 0.5) is 0 Å². The van der Waals surface area contributed by atoms with Gasteiger partial charge in [0.15, 0.2) is 11.5 Å². The van der Waals surface area contributed by atoms with Gasteiger partial charge in [-0.2, -0.15) is 0 Å². The largest absolute Gasteiger partial charge is 0.393 e. The van der Waals surface area contributed by atoms with Crippen LogP contribution in [0.5, 0.6) is 0 Å². The summed E-state index contributed by atoms with van der Waals surface area (Å²) in [5.74, 6) is 0.417. The first-order valence-corrected chi connectivity index (χ1v) is 9.10. The summed E-state index contributed by atoms with van der Waals surface area (Å²) in [6.45, 7) is 4.26. The molecule has 7 nitrogen and oxygen atoms in total. The number of carbonyl (C=O) groups is 1. The van der Waals surface area contributed by atoms with Crippen molar-refractivity contribution in [3.63, 3.8) is 0 Å². The standard InChI is InChI=1S/C16H22N4O3S/c1-2-13(16-17-5-8-24-16)18-15(22)14-9-12(23-19-14)10-20-6-3-11(21)4-7-20/h5,8-9,11,13,21H,2-4,6-7,10H2,1H3,(H,18,22)/t13-/m1/s1. The quantitative estimate of drug-likeness (QED) is 0.828. The molecule has 0 saturated carbocycles. The number of amides is 1. The number of hydrogen-bond donors (Lipinski definition) is 2. The molecule has 3 rings (SSSR count). The zero-order valence-electron chi connectivity index (χ0n) is 13.6. The third-order valence-corrected chi connectivity index (χ3v) is 5.08. The predicted molar refractivity (Wildman–Crippen MR) is 89.6 cm³/mol.